The van der Waals surface area contributed by atoms with Crippen LogP contribution in [0.25, 0.3) is 11.4 Å². The highest BCUT2D eigenvalue weighted by atomic mass is 32.2. The van der Waals surface area contributed by atoms with Crippen molar-refractivity contribution < 1.29 is 8.42 Å². The molecule has 9 heteroatoms. The van der Waals surface area contributed by atoms with Gasteiger partial charge in [0.2, 0.25) is 10.0 Å². The Labute approximate surface area is 159 Å². The third kappa shape index (κ3) is 4.06. The van der Waals surface area contributed by atoms with Gasteiger partial charge in [0.05, 0.1) is 12.9 Å². The zero-order valence-electron chi connectivity index (χ0n) is 15.4. The van der Waals surface area contributed by atoms with Crippen LogP contribution < -0.4 is 0 Å². The van der Waals surface area contributed by atoms with Crippen molar-refractivity contribution in [1.82, 2.24) is 23.6 Å². The van der Waals surface area contributed by atoms with Gasteiger partial charge in [-0.05, 0) is 32.1 Å². The van der Waals surface area contributed by atoms with Gasteiger partial charge in [-0.25, -0.2) is 13.1 Å². The lowest BCUT2D eigenvalue weighted by Gasteiger charge is -2.32. The van der Waals surface area contributed by atoms with Gasteiger partial charge in [0, 0.05) is 38.3 Å². The number of rotatable bonds is 5. The summed E-state index contributed by atoms with van der Waals surface area (Å²) in [7, 11) is -3.12. The molecule has 1 saturated heterocycles. The highest BCUT2D eigenvalue weighted by Gasteiger charge is 2.24. The molecule has 0 unspecified atom stereocenters. The number of aryl methyl sites for hydroxylation is 1. The summed E-state index contributed by atoms with van der Waals surface area (Å²) in [6, 6.07) is 8.24. The minimum Gasteiger partial charge on any atom is -0.300 e. The minimum absolute atomic E-state index is 0.505. The first-order valence-corrected chi connectivity index (χ1v) is 11.0. The van der Waals surface area contributed by atoms with E-state index >= 15 is 0 Å². The molecule has 1 aliphatic heterocycles. The normalized spacial score (nSPS) is 16.9. The van der Waals surface area contributed by atoms with E-state index in [0.717, 1.165) is 17.9 Å². The zero-order chi connectivity index (χ0) is 18.9. The summed E-state index contributed by atoms with van der Waals surface area (Å²) in [6.07, 6.45) is 1.26. The van der Waals surface area contributed by atoms with E-state index in [1.807, 2.05) is 21.4 Å². The lowest BCUT2D eigenvalue weighted by Crippen LogP contribution is -2.48. The van der Waals surface area contributed by atoms with Crippen LogP contribution in [0.4, 0.5) is 0 Å². The fraction of sp³-hybridized carbons (Fsp3) is 0.529. The first-order chi connectivity index (χ1) is 12.3. The first kappa shape index (κ1) is 19.2. The Hall–Kier alpha value is -1.55. The maximum absolute atomic E-state index is 11.6. The molecular weight excluding hydrogens is 370 g/mol. The molecule has 0 bridgehead atoms. The van der Waals surface area contributed by atoms with Gasteiger partial charge in [-0.2, -0.15) is 9.40 Å². The lowest BCUT2D eigenvalue weighted by molar-refractivity contribution is 0.145. The van der Waals surface area contributed by atoms with E-state index in [1.165, 1.54) is 16.1 Å². The summed E-state index contributed by atoms with van der Waals surface area (Å²) >= 11 is 5.63. The molecule has 1 aromatic carbocycles. The average Bonchev–Trinajstić information content (AvgIpc) is 2.90. The Morgan fingerprint density at radius 3 is 2.46 bits per heavy atom. The Kier molecular flexibility index (Phi) is 5.61. The third-order valence-electron chi connectivity index (χ3n) is 4.65. The number of aromatic nitrogens is 3. The minimum atomic E-state index is -3.12. The van der Waals surface area contributed by atoms with Gasteiger partial charge in [0.25, 0.3) is 0 Å². The van der Waals surface area contributed by atoms with Crippen molar-refractivity contribution in [2.45, 2.75) is 27.1 Å². The Balaban J connectivity index is 1.81. The van der Waals surface area contributed by atoms with Crippen LogP contribution in [0.2, 0.25) is 0 Å². The molecule has 0 aliphatic carbocycles. The second kappa shape index (κ2) is 7.59. The van der Waals surface area contributed by atoms with Crippen LogP contribution in [0.1, 0.15) is 12.5 Å². The molecule has 0 radical (unpaired) electrons. The molecule has 7 nitrogen and oxygen atoms in total. The summed E-state index contributed by atoms with van der Waals surface area (Å²) in [5.41, 5.74) is 2.24. The predicted octanol–water partition coefficient (Wildman–Crippen LogP) is 1.94. The van der Waals surface area contributed by atoms with E-state index in [9.17, 15) is 8.42 Å². The maximum atomic E-state index is 11.6. The van der Waals surface area contributed by atoms with E-state index in [0.29, 0.717) is 37.6 Å². The van der Waals surface area contributed by atoms with Gasteiger partial charge in [-0.3, -0.25) is 4.90 Å². The SMILES string of the molecule is CCn1c(-c2cccc(C)c2)nn(CN2CCN(S(C)(=O)=O)CC2)c1=S. The van der Waals surface area contributed by atoms with Crippen LogP contribution in [0.5, 0.6) is 0 Å². The third-order valence-corrected chi connectivity index (χ3v) is 6.38. The summed E-state index contributed by atoms with van der Waals surface area (Å²) in [4.78, 5) is 2.19. The van der Waals surface area contributed by atoms with Crippen molar-refractivity contribution in [3.63, 3.8) is 0 Å². The van der Waals surface area contributed by atoms with Crippen molar-refractivity contribution in [2.24, 2.45) is 0 Å². The molecule has 26 heavy (non-hydrogen) atoms. The number of sulfonamides is 1. The van der Waals surface area contributed by atoms with Crippen LogP contribution in [-0.4, -0.2) is 64.4 Å². The summed E-state index contributed by atoms with van der Waals surface area (Å²) in [6.45, 7) is 7.81. The Bertz CT molecular complexity index is 940. The maximum Gasteiger partial charge on any atom is 0.211 e. The molecule has 2 aromatic rings. The standard InChI is InChI=1S/C17H25N5O2S2/c1-4-21-16(15-7-5-6-14(2)12-15)18-22(17(21)25)13-19-8-10-20(11-9-19)26(3,23)24/h5-7,12H,4,8-11,13H2,1-3H3. The van der Waals surface area contributed by atoms with Crippen molar-refractivity contribution in [1.29, 1.82) is 0 Å². The molecule has 3 rings (SSSR count). The van der Waals surface area contributed by atoms with E-state index in [2.05, 4.69) is 30.9 Å². The highest BCUT2D eigenvalue weighted by molar-refractivity contribution is 7.88. The van der Waals surface area contributed by atoms with Crippen molar-refractivity contribution in [3.05, 3.63) is 34.6 Å². The second-order valence-corrected chi connectivity index (χ2v) is 8.99. The van der Waals surface area contributed by atoms with Crippen molar-refractivity contribution in [2.75, 3.05) is 32.4 Å². The number of hydrogen-bond acceptors (Lipinski definition) is 5. The van der Waals surface area contributed by atoms with Crippen LogP contribution in [-0.2, 0) is 23.2 Å². The van der Waals surface area contributed by atoms with Crippen molar-refractivity contribution >= 4 is 22.2 Å². The monoisotopic (exact) mass is 395 g/mol. The van der Waals surface area contributed by atoms with E-state index in [1.54, 1.807) is 0 Å². The van der Waals surface area contributed by atoms with E-state index in [4.69, 9.17) is 17.3 Å². The molecule has 2 heterocycles. The lowest BCUT2D eigenvalue weighted by atomic mass is 10.1. The van der Waals surface area contributed by atoms with Gasteiger partial charge in [-0.15, -0.1) is 0 Å². The molecule has 1 aromatic heterocycles. The number of benzene rings is 1. The highest BCUT2D eigenvalue weighted by Crippen LogP contribution is 2.20. The molecule has 0 N–H and O–H groups in total. The first-order valence-electron chi connectivity index (χ1n) is 8.71. The number of piperazine rings is 1. The van der Waals surface area contributed by atoms with Gasteiger partial charge < -0.3 is 4.57 Å². The Morgan fingerprint density at radius 1 is 1.19 bits per heavy atom. The molecule has 1 fully saturated rings. The van der Waals surface area contributed by atoms with Gasteiger partial charge in [0.1, 0.15) is 0 Å². The average molecular weight is 396 g/mol. The quantitative estimate of drug-likeness (QED) is 0.724. The van der Waals surface area contributed by atoms with Gasteiger partial charge in [-0.1, -0.05) is 23.8 Å². The molecule has 0 amide bonds. The van der Waals surface area contributed by atoms with Crippen molar-refractivity contribution in [3.8, 4) is 11.4 Å². The summed E-state index contributed by atoms with van der Waals surface area (Å²) in [5.74, 6) is 0.871. The molecular formula is C17H25N5O2S2. The van der Waals surface area contributed by atoms with Crippen LogP contribution in [0, 0.1) is 11.7 Å². The molecule has 0 atom stereocenters. The number of nitrogens with zero attached hydrogens (tertiary/aromatic N) is 5. The molecule has 142 valence electrons. The fourth-order valence-electron chi connectivity index (χ4n) is 3.21. The molecule has 1 aliphatic rings. The smallest absolute Gasteiger partial charge is 0.211 e. The second-order valence-electron chi connectivity index (χ2n) is 6.64. The van der Waals surface area contributed by atoms with Gasteiger partial charge >= 0.3 is 0 Å². The van der Waals surface area contributed by atoms with E-state index < -0.39 is 10.0 Å². The molecule has 0 saturated carbocycles. The largest absolute Gasteiger partial charge is 0.300 e. The molecule has 0 spiro atoms. The van der Waals surface area contributed by atoms with Crippen LogP contribution >= 0.6 is 12.2 Å². The number of hydrogen-bond donors (Lipinski definition) is 0. The summed E-state index contributed by atoms with van der Waals surface area (Å²) < 4.78 is 29.4. The summed E-state index contributed by atoms with van der Waals surface area (Å²) in [5, 5.41) is 4.76. The predicted molar refractivity (Wildman–Crippen MR) is 105 cm³/mol. The van der Waals surface area contributed by atoms with Crippen LogP contribution in [0.3, 0.4) is 0 Å². The zero-order valence-corrected chi connectivity index (χ0v) is 17.1. The topological polar surface area (TPSA) is 63.4 Å². The van der Waals surface area contributed by atoms with Gasteiger partial charge in [0.15, 0.2) is 10.6 Å². The fourth-order valence-corrected chi connectivity index (χ4v) is 4.35. The van der Waals surface area contributed by atoms with Crippen LogP contribution in [0.15, 0.2) is 24.3 Å². The Morgan fingerprint density at radius 2 is 1.88 bits per heavy atom. The van der Waals surface area contributed by atoms with E-state index in [-0.39, 0.29) is 0 Å².